The zero-order valence-electron chi connectivity index (χ0n) is 10.3. The second-order valence-electron chi connectivity index (χ2n) is 3.73. The van der Waals surface area contributed by atoms with Crippen LogP contribution in [0.3, 0.4) is 0 Å². The van der Waals surface area contributed by atoms with E-state index in [-0.39, 0.29) is 22.8 Å². The summed E-state index contributed by atoms with van der Waals surface area (Å²) in [7, 11) is 0. The van der Waals surface area contributed by atoms with Crippen LogP contribution in [-0.4, -0.2) is 26.0 Å². The molecule has 0 amide bonds. The normalized spacial score (nSPS) is 9.67. The number of nitrogens with zero attached hydrogens (tertiary/aromatic N) is 4. The summed E-state index contributed by atoms with van der Waals surface area (Å²) in [5.41, 5.74) is -0.634. The summed E-state index contributed by atoms with van der Waals surface area (Å²) >= 11 is 0. The summed E-state index contributed by atoms with van der Waals surface area (Å²) in [4.78, 5) is 28.3. The summed E-state index contributed by atoms with van der Waals surface area (Å²) in [6.07, 6.45) is 3.41. The minimum Gasteiger partial charge on any atom is -0.478 e. The number of ether oxygens (including phenoxy) is 1. The summed E-state index contributed by atoms with van der Waals surface area (Å²) in [5.74, 6) is -1.59. The van der Waals surface area contributed by atoms with E-state index in [2.05, 4.69) is 9.97 Å². The van der Waals surface area contributed by atoms with Crippen molar-refractivity contribution in [3.05, 3.63) is 52.0 Å². The Bertz CT molecular complexity index is 768. The van der Waals surface area contributed by atoms with E-state index >= 15 is 0 Å². The Hall–Kier alpha value is -3.54. The topological polar surface area (TPSA) is 139 Å². The highest BCUT2D eigenvalue weighted by molar-refractivity contribution is 5.87. The van der Waals surface area contributed by atoms with Crippen LogP contribution in [0.2, 0.25) is 0 Å². The fourth-order valence-corrected chi connectivity index (χ4v) is 1.41. The second-order valence-corrected chi connectivity index (χ2v) is 3.73. The highest BCUT2D eigenvalue weighted by atomic mass is 16.6. The van der Waals surface area contributed by atoms with Crippen molar-refractivity contribution >= 4 is 11.7 Å². The number of carboxylic acid groups (broad SMARTS) is 1. The van der Waals surface area contributed by atoms with Crippen molar-refractivity contribution in [2.45, 2.75) is 0 Å². The highest BCUT2D eigenvalue weighted by Crippen LogP contribution is 2.29. The first-order valence-electron chi connectivity index (χ1n) is 5.42. The molecule has 0 saturated heterocycles. The van der Waals surface area contributed by atoms with Crippen LogP contribution in [0.5, 0.6) is 11.6 Å². The van der Waals surface area contributed by atoms with Crippen LogP contribution in [0.1, 0.15) is 15.9 Å². The predicted octanol–water partition coefficient (Wildman–Crippen LogP) is 1.75. The Balaban J connectivity index is 2.40. The van der Waals surface area contributed by atoms with Crippen LogP contribution in [0, 0.1) is 21.4 Å². The van der Waals surface area contributed by atoms with Crippen LogP contribution < -0.4 is 4.74 Å². The van der Waals surface area contributed by atoms with E-state index in [4.69, 9.17) is 15.1 Å². The zero-order valence-corrected chi connectivity index (χ0v) is 10.3. The Labute approximate surface area is 117 Å². The van der Waals surface area contributed by atoms with Crippen LogP contribution in [-0.2, 0) is 0 Å². The molecule has 9 nitrogen and oxygen atoms in total. The third-order valence-electron chi connectivity index (χ3n) is 2.33. The standard InChI is InChI=1S/C12H6N4O5/c13-3-7-1-10(16(19)20)11(15-4-7)21-9-2-8(12(17)18)5-14-6-9/h1-2,4-6H,(H,17,18). The maximum Gasteiger partial charge on any atom is 0.337 e. The first-order chi connectivity index (χ1) is 10.0. The van der Waals surface area contributed by atoms with Gasteiger partial charge in [-0.1, -0.05) is 0 Å². The van der Waals surface area contributed by atoms with Gasteiger partial charge >= 0.3 is 11.7 Å². The fourth-order valence-electron chi connectivity index (χ4n) is 1.41. The Morgan fingerprint density at radius 3 is 2.76 bits per heavy atom. The molecule has 0 unspecified atom stereocenters. The van der Waals surface area contributed by atoms with Crippen molar-refractivity contribution in [2.75, 3.05) is 0 Å². The lowest BCUT2D eigenvalue weighted by Crippen LogP contribution is -2.00. The van der Waals surface area contributed by atoms with Crippen molar-refractivity contribution in [3.8, 4) is 17.7 Å². The molecular formula is C12H6N4O5. The molecule has 2 aromatic heterocycles. The molecule has 9 heteroatoms. The van der Waals surface area contributed by atoms with Gasteiger partial charge in [0, 0.05) is 18.5 Å². The predicted molar refractivity (Wildman–Crippen MR) is 66.9 cm³/mol. The number of hydrogen-bond acceptors (Lipinski definition) is 7. The van der Waals surface area contributed by atoms with Crippen molar-refractivity contribution in [2.24, 2.45) is 0 Å². The number of carbonyl (C=O) groups is 1. The molecule has 0 bridgehead atoms. The van der Waals surface area contributed by atoms with E-state index < -0.39 is 16.6 Å². The van der Waals surface area contributed by atoms with Gasteiger partial charge in [0.1, 0.15) is 11.8 Å². The largest absolute Gasteiger partial charge is 0.478 e. The molecule has 1 N–H and O–H groups in total. The van der Waals surface area contributed by atoms with Crippen LogP contribution in [0.25, 0.3) is 0 Å². The fraction of sp³-hybridized carbons (Fsp3) is 0. The highest BCUT2D eigenvalue weighted by Gasteiger charge is 2.19. The third-order valence-corrected chi connectivity index (χ3v) is 2.33. The van der Waals surface area contributed by atoms with E-state index in [1.807, 2.05) is 0 Å². The van der Waals surface area contributed by atoms with Gasteiger partial charge in [0.15, 0.2) is 0 Å². The molecule has 2 rings (SSSR count). The average Bonchev–Trinajstić information content (AvgIpc) is 2.47. The van der Waals surface area contributed by atoms with Crippen molar-refractivity contribution in [3.63, 3.8) is 0 Å². The number of rotatable bonds is 4. The van der Waals surface area contributed by atoms with Crippen molar-refractivity contribution < 1.29 is 19.6 Å². The van der Waals surface area contributed by atoms with Gasteiger partial charge in [0.2, 0.25) is 0 Å². The van der Waals surface area contributed by atoms with Crippen molar-refractivity contribution in [1.82, 2.24) is 9.97 Å². The molecular weight excluding hydrogens is 280 g/mol. The zero-order chi connectivity index (χ0) is 15.4. The number of nitriles is 1. The Morgan fingerprint density at radius 2 is 2.14 bits per heavy atom. The number of pyridine rings is 2. The number of hydrogen-bond donors (Lipinski definition) is 1. The minimum absolute atomic E-state index is 0.00598. The average molecular weight is 286 g/mol. The number of carboxylic acids is 1. The lowest BCUT2D eigenvalue weighted by Gasteiger charge is -2.05. The quantitative estimate of drug-likeness (QED) is 0.662. The van der Waals surface area contributed by atoms with Crippen LogP contribution in [0.15, 0.2) is 30.7 Å². The molecule has 0 radical (unpaired) electrons. The summed E-state index contributed by atoms with van der Waals surface area (Å²) in [6.45, 7) is 0. The summed E-state index contributed by atoms with van der Waals surface area (Å²) in [5, 5.41) is 28.4. The first-order valence-corrected chi connectivity index (χ1v) is 5.42. The van der Waals surface area contributed by atoms with E-state index in [0.717, 1.165) is 24.5 Å². The van der Waals surface area contributed by atoms with Gasteiger partial charge in [-0.05, 0) is 6.07 Å². The SMILES string of the molecule is N#Cc1cnc(Oc2cncc(C(=O)O)c2)c([N+](=O)[O-])c1. The molecule has 0 saturated carbocycles. The van der Waals surface area contributed by atoms with Gasteiger partial charge in [-0.25, -0.2) is 9.78 Å². The van der Waals surface area contributed by atoms with E-state index in [1.54, 1.807) is 6.07 Å². The molecule has 0 atom stereocenters. The monoisotopic (exact) mass is 286 g/mol. The van der Waals surface area contributed by atoms with Crippen LogP contribution in [0.4, 0.5) is 5.69 Å². The minimum atomic E-state index is -1.21. The van der Waals surface area contributed by atoms with Crippen molar-refractivity contribution in [1.29, 1.82) is 5.26 Å². The van der Waals surface area contributed by atoms with Gasteiger partial charge in [-0.2, -0.15) is 5.26 Å². The van der Waals surface area contributed by atoms with Gasteiger partial charge in [0.05, 0.1) is 22.2 Å². The molecule has 0 aliphatic heterocycles. The summed E-state index contributed by atoms with van der Waals surface area (Å²) < 4.78 is 5.17. The third kappa shape index (κ3) is 3.07. The van der Waals surface area contributed by atoms with Gasteiger partial charge in [-0.15, -0.1) is 0 Å². The first kappa shape index (κ1) is 13.9. The number of nitro groups is 1. The van der Waals surface area contributed by atoms with E-state index in [9.17, 15) is 14.9 Å². The maximum absolute atomic E-state index is 10.9. The van der Waals surface area contributed by atoms with E-state index in [1.165, 1.54) is 6.20 Å². The molecule has 2 aromatic rings. The van der Waals surface area contributed by atoms with Gasteiger partial charge in [-0.3, -0.25) is 15.1 Å². The lowest BCUT2D eigenvalue weighted by molar-refractivity contribution is -0.386. The van der Waals surface area contributed by atoms with Crippen LogP contribution >= 0.6 is 0 Å². The molecule has 21 heavy (non-hydrogen) atoms. The Kier molecular flexibility index (Phi) is 3.71. The van der Waals surface area contributed by atoms with E-state index in [0.29, 0.717) is 0 Å². The second kappa shape index (κ2) is 5.62. The van der Waals surface area contributed by atoms with Gasteiger partial charge < -0.3 is 9.84 Å². The molecule has 0 fully saturated rings. The maximum atomic E-state index is 10.9. The molecule has 0 aliphatic rings. The molecule has 0 aromatic carbocycles. The summed E-state index contributed by atoms with van der Waals surface area (Å²) in [6, 6.07) is 3.89. The lowest BCUT2D eigenvalue weighted by atomic mass is 10.3. The van der Waals surface area contributed by atoms with Gasteiger partial charge in [0.25, 0.3) is 5.88 Å². The molecule has 0 spiro atoms. The molecule has 0 aliphatic carbocycles. The number of aromatic nitrogens is 2. The molecule has 2 heterocycles. The smallest absolute Gasteiger partial charge is 0.337 e. The Morgan fingerprint density at radius 1 is 1.38 bits per heavy atom. The molecule has 104 valence electrons. The number of aromatic carboxylic acids is 1.